The third-order valence-electron chi connectivity index (χ3n) is 3.24. The van der Waals surface area contributed by atoms with E-state index in [1.54, 1.807) is 0 Å². The van der Waals surface area contributed by atoms with Crippen LogP contribution in [0.4, 0.5) is 0 Å². The van der Waals surface area contributed by atoms with Crippen molar-refractivity contribution in [2.45, 2.75) is 18.9 Å². The molecule has 90 valence electrons. The Balaban J connectivity index is 1.86. The van der Waals surface area contributed by atoms with Crippen LogP contribution in [0.3, 0.4) is 0 Å². The first kappa shape index (κ1) is 10.8. The minimum absolute atomic E-state index is 0.238. The minimum atomic E-state index is -0.383. The summed E-state index contributed by atoms with van der Waals surface area (Å²) in [5.41, 5.74) is 1.18. The van der Waals surface area contributed by atoms with E-state index in [1.807, 2.05) is 24.3 Å². The summed E-state index contributed by atoms with van der Waals surface area (Å²) >= 11 is 0. The highest BCUT2D eigenvalue weighted by molar-refractivity contribution is 6.06. The van der Waals surface area contributed by atoms with Gasteiger partial charge in [0.15, 0.2) is 0 Å². The smallest absolute Gasteiger partial charge is 0.256 e. The van der Waals surface area contributed by atoms with E-state index in [0.717, 1.165) is 18.2 Å². The Hall–Kier alpha value is -2.28. The standard InChI is InChI=1S/C14H12N2O2/c15-7-12(9-5-6-9)16-14(17)11-8-18-13-4-2-1-3-10(11)13/h1-4,8-9,12H,5-6H2,(H,16,17). The summed E-state index contributed by atoms with van der Waals surface area (Å²) in [4.78, 5) is 12.1. The van der Waals surface area contributed by atoms with Crippen LogP contribution in [-0.2, 0) is 0 Å². The average molecular weight is 240 g/mol. The first-order valence-electron chi connectivity index (χ1n) is 5.96. The summed E-state index contributed by atoms with van der Waals surface area (Å²) in [6.07, 6.45) is 3.48. The Morgan fingerprint density at radius 1 is 1.44 bits per heavy atom. The van der Waals surface area contributed by atoms with Crippen molar-refractivity contribution in [1.82, 2.24) is 5.32 Å². The lowest BCUT2D eigenvalue weighted by Gasteiger charge is -2.09. The highest BCUT2D eigenvalue weighted by Gasteiger charge is 2.32. The van der Waals surface area contributed by atoms with Gasteiger partial charge in [0.25, 0.3) is 5.91 Å². The molecule has 1 aromatic carbocycles. The van der Waals surface area contributed by atoms with Gasteiger partial charge in [0.05, 0.1) is 11.6 Å². The third kappa shape index (κ3) is 1.84. The number of benzene rings is 1. The molecule has 0 aliphatic heterocycles. The number of nitriles is 1. The number of hydrogen-bond donors (Lipinski definition) is 1. The second kappa shape index (κ2) is 4.19. The molecular weight excluding hydrogens is 228 g/mol. The van der Waals surface area contributed by atoms with Crippen molar-refractivity contribution >= 4 is 16.9 Å². The molecule has 1 heterocycles. The molecule has 1 atom stereocenters. The van der Waals surface area contributed by atoms with Gasteiger partial charge in [-0.1, -0.05) is 18.2 Å². The number of fused-ring (bicyclic) bond motifs is 1. The summed E-state index contributed by atoms with van der Waals surface area (Å²) in [7, 11) is 0. The molecule has 1 amide bonds. The summed E-state index contributed by atoms with van der Waals surface area (Å²) in [5.74, 6) is 0.0792. The van der Waals surface area contributed by atoms with Gasteiger partial charge in [-0.2, -0.15) is 5.26 Å². The SMILES string of the molecule is N#CC(NC(=O)c1coc2ccccc12)C1CC1. The van der Waals surface area contributed by atoms with Crippen molar-refractivity contribution in [2.75, 3.05) is 0 Å². The van der Waals surface area contributed by atoms with E-state index in [9.17, 15) is 4.79 Å². The first-order chi connectivity index (χ1) is 8.79. The van der Waals surface area contributed by atoms with Gasteiger partial charge in [-0.15, -0.1) is 0 Å². The highest BCUT2D eigenvalue weighted by atomic mass is 16.3. The summed E-state index contributed by atoms with van der Waals surface area (Å²) in [5, 5.41) is 12.6. The van der Waals surface area contributed by atoms with Gasteiger partial charge in [0.1, 0.15) is 17.9 Å². The maximum Gasteiger partial charge on any atom is 0.256 e. The molecule has 18 heavy (non-hydrogen) atoms. The topological polar surface area (TPSA) is 66.0 Å². The van der Waals surface area contributed by atoms with Crippen LogP contribution >= 0.6 is 0 Å². The lowest BCUT2D eigenvalue weighted by atomic mass is 10.1. The van der Waals surface area contributed by atoms with Crippen LogP contribution in [0.25, 0.3) is 11.0 Å². The molecular formula is C14H12N2O2. The molecule has 2 aromatic rings. The Bertz CT molecular complexity index is 635. The van der Waals surface area contributed by atoms with Crippen LogP contribution in [0.5, 0.6) is 0 Å². The molecule has 0 bridgehead atoms. The molecule has 0 spiro atoms. The maximum absolute atomic E-state index is 12.1. The Labute approximate surface area is 104 Å². The molecule has 0 radical (unpaired) electrons. The zero-order chi connectivity index (χ0) is 12.5. The van der Waals surface area contributed by atoms with Gasteiger partial charge in [-0.05, 0) is 24.8 Å². The van der Waals surface area contributed by atoms with Crippen molar-refractivity contribution in [3.8, 4) is 6.07 Å². The normalized spacial score (nSPS) is 16.2. The van der Waals surface area contributed by atoms with Gasteiger partial charge in [-0.25, -0.2) is 0 Å². The largest absolute Gasteiger partial charge is 0.463 e. The first-order valence-corrected chi connectivity index (χ1v) is 5.96. The number of hydrogen-bond acceptors (Lipinski definition) is 3. The van der Waals surface area contributed by atoms with Crippen molar-refractivity contribution < 1.29 is 9.21 Å². The van der Waals surface area contributed by atoms with E-state index in [0.29, 0.717) is 17.1 Å². The number of rotatable bonds is 3. The zero-order valence-corrected chi connectivity index (χ0v) is 9.72. The fourth-order valence-electron chi connectivity index (χ4n) is 2.06. The minimum Gasteiger partial charge on any atom is -0.463 e. The Morgan fingerprint density at radius 3 is 2.94 bits per heavy atom. The van der Waals surface area contributed by atoms with Gasteiger partial charge < -0.3 is 9.73 Å². The van der Waals surface area contributed by atoms with Crippen LogP contribution in [-0.4, -0.2) is 11.9 Å². The van der Waals surface area contributed by atoms with E-state index in [4.69, 9.17) is 9.68 Å². The van der Waals surface area contributed by atoms with Crippen molar-refractivity contribution in [2.24, 2.45) is 5.92 Å². The van der Waals surface area contributed by atoms with Gasteiger partial charge in [0.2, 0.25) is 0 Å². The number of nitrogens with zero attached hydrogens (tertiary/aromatic N) is 1. The van der Waals surface area contributed by atoms with E-state index in [-0.39, 0.29) is 11.9 Å². The molecule has 1 aliphatic carbocycles. The van der Waals surface area contributed by atoms with Crippen LogP contribution in [0.15, 0.2) is 34.9 Å². The molecule has 1 aliphatic rings. The fraction of sp³-hybridized carbons (Fsp3) is 0.286. The molecule has 1 aromatic heterocycles. The average Bonchev–Trinajstić information content (AvgIpc) is 3.14. The highest BCUT2D eigenvalue weighted by Crippen LogP contribution is 2.32. The molecule has 1 unspecified atom stereocenters. The van der Waals surface area contributed by atoms with Crippen LogP contribution < -0.4 is 5.32 Å². The second-order valence-electron chi connectivity index (χ2n) is 4.56. The molecule has 1 fully saturated rings. The Kier molecular flexibility index (Phi) is 2.52. The van der Waals surface area contributed by atoms with Gasteiger partial charge in [-0.3, -0.25) is 4.79 Å². The van der Waals surface area contributed by atoms with Crippen LogP contribution in [0.2, 0.25) is 0 Å². The van der Waals surface area contributed by atoms with E-state index in [1.165, 1.54) is 6.26 Å². The molecule has 3 rings (SSSR count). The van der Waals surface area contributed by atoms with Crippen molar-refractivity contribution in [3.63, 3.8) is 0 Å². The maximum atomic E-state index is 12.1. The third-order valence-corrected chi connectivity index (χ3v) is 3.24. The van der Waals surface area contributed by atoms with Crippen LogP contribution in [0.1, 0.15) is 23.2 Å². The van der Waals surface area contributed by atoms with Crippen molar-refractivity contribution in [1.29, 1.82) is 5.26 Å². The number of nitrogens with one attached hydrogen (secondary N) is 1. The van der Waals surface area contributed by atoms with Gasteiger partial charge in [0, 0.05) is 5.39 Å². The quantitative estimate of drug-likeness (QED) is 0.896. The van der Waals surface area contributed by atoms with Crippen molar-refractivity contribution in [3.05, 3.63) is 36.1 Å². The summed E-state index contributed by atoms with van der Waals surface area (Å²) in [6.45, 7) is 0. The predicted octanol–water partition coefficient (Wildman–Crippen LogP) is 2.46. The van der Waals surface area contributed by atoms with E-state index in [2.05, 4.69) is 11.4 Å². The summed E-state index contributed by atoms with van der Waals surface area (Å²) in [6, 6.07) is 9.13. The zero-order valence-electron chi connectivity index (χ0n) is 9.72. The number of para-hydroxylation sites is 1. The fourth-order valence-corrected chi connectivity index (χ4v) is 2.06. The number of furan rings is 1. The summed E-state index contributed by atoms with van der Waals surface area (Å²) < 4.78 is 5.32. The van der Waals surface area contributed by atoms with E-state index < -0.39 is 0 Å². The molecule has 4 heteroatoms. The molecule has 1 saturated carbocycles. The Morgan fingerprint density at radius 2 is 2.22 bits per heavy atom. The van der Waals surface area contributed by atoms with E-state index >= 15 is 0 Å². The second-order valence-corrected chi connectivity index (χ2v) is 4.56. The lowest BCUT2D eigenvalue weighted by molar-refractivity contribution is 0.0942. The van der Waals surface area contributed by atoms with Gasteiger partial charge >= 0.3 is 0 Å². The lowest BCUT2D eigenvalue weighted by Crippen LogP contribution is -2.35. The number of carbonyl (C=O) groups excluding carboxylic acids is 1. The van der Waals surface area contributed by atoms with Crippen LogP contribution in [0, 0.1) is 17.2 Å². The molecule has 0 saturated heterocycles. The molecule has 1 N–H and O–H groups in total. The number of amides is 1. The molecule has 4 nitrogen and oxygen atoms in total. The monoisotopic (exact) mass is 240 g/mol. The predicted molar refractivity (Wildman–Crippen MR) is 65.8 cm³/mol. The number of carbonyl (C=O) groups is 1.